The van der Waals surface area contributed by atoms with Crippen molar-refractivity contribution in [2.24, 2.45) is 5.41 Å². The van der Waals surface area contributed by atoms with E-state index in [2.05, 4.69) is 21.8 Å². The summed E-state index contributed by atoms with van der Waals surface area (Å²) in [5.74, 6) is 4.41. The van der Waals surface area contributed by atoms with Crippen molar-refractivity contribution < 1.29 is 13.6 Å². The summed E-state index contributed by atoms with van der Waals surface area (Å²) in [5, 5.41) is 0. The molecular formula is C18H15F2N3O. The van der Waals surface area contributed by atoms with Crippen molar-refractivity contribution in [3.63, 3.8) is 0 Å². The van der Waals surface area contributed by atoms with Crippen molar-refractivity contribution in [3.8, 4) is 11.8 Å². The third kappa shape index (κ3) is 3.40. The Hall–Kier alpha value is -2.81. The molecule has 24 heavy (non-hydrogen) atoms. The van der Waals surface area contributed by atoms with Crippen LogP contribution in [0.4, 0.5) is 14.7 Å². The van der Waals surface area contributed by atoms with Gasteiger partial charge < -0.3 is 0 Å². The monoisotopic (exact) mass is 327 g/mol. The van der Waals surface area contributed by atoms with Gasteiger partial charge in [-0.1, -0.05) is 25.7 Å². The van der Waals surface area contributed by atoms with Crippen LogP contribution in [0.25, 0.3) is 0 Å². The smallest absolute Gasteiger partial charge is 0.232 e. The minimum atomic E-state index is -0.591. The van der Waals surface area contributed by atoms with Crippen molar-refractivity contribution in [1.29, 1.82) is 0 Å². The largest absolute Gasteiger partial charge is 0.280 e. The molecule has 4 nitrogen and oxygen atoms in total. The molecule has 6 heteroatoms. The molecule has 2 heterocycles. The fraction of sp³-hybridized carbons (Fsp3) is 0.278. The third-order valence-electron chi connectivity index (χ3n) is 3.67. The Morgan fingerprint density at radius 2 is 1.88 bits per heavy atom. The van der Waals surface area contributed by atoms with Gasteiger partial charge in [0.1, 0.15) is 11.6 Å². The molecule has 1 aromatic carbocycles. The molecule has 0 atom stereocenters. The number of anilines is 1. The van der Waals surface area contributed by atoms with E-state index in [4.69, 9.17) is 0 Å². The average molecular weight is 327 g/mol. The normalized spacial score (nSPS) is 16.0. The van der Waals surface area contributed by atoms with Crippen LogP contribution in [-0.4, -0.2) is 22.4 Å². The van der Waals surface area contributed by atoms with Crippen LogP contribution in [-0.2, 0) is 4.79 Å². The van der Waals surface area contributed by atoms with Crippen LogP contribution in [0.5, 0.6) is 0 Å². The van der Waals surface area contributed by atoms with Gasteiger partial charge in [0, 0.05) is 25.4 Å². The average Bonchev–Trinajstić information content (AvgIpc) is 2.81. The summed E-state index contributed by atoms with van der Waals surface area (Å²) in [5.41, 5.74) is 0.317. The number of hydrogen-bond acceptors (Lipinski definition) is 3. The van der Waals surface area contributed by atoms with Crippen LogP contribution < -0.4 is 4.90 Å². The molecule has 0 unspecified atom stereocenters. The van der Waals surface area contributed by atoms with Crippen molar-refractivity contribution in [2.75, 3.05) is 11.4 Å². The molecule has 122 valence electrons. The highest BCUT2D eigenvalue weighted by Gasteiger charge is 2.37. The van der Waals surface area contributed by atoms with Crippen LogP contribution in [0.15, 0.2) is 30.6 Å². The molecule has 3 rings (SSSR count). The number of nitrogens with zero attached hydrogens (tertiary/aromatic N) is 3. The summed E-state index contributed by atoms with van der Waals surface area (Å²) in [6, 6.07) is 3.09. The van der Waals surface area contributed by atoms with Gasteiger partial charge in [0.05, 0.1) is 11.1 Å². The van der Waals surface area contributed by atoms with E-state index in [-0.39, 0.29) is 16.9 Å². The first kappa shape index (κ1) is 16.1. The molecule has 1 saturated heterocycles. The molecule has 2 aromatic rings. The minimum absolute atomic E-state index is 0.0133. The number of hydrogen-bond donors (Lipinski definition) is 0. The molecular weight excluding hydrogens is 312 g/mol. The van der Waals surface area contributed by atoms with Gasteiger partial charge in [0.25, 0.3) is 0 Å². The number of aromatic nitrogens is 2. The van der Waals surface area contributed by atoms with E-state index >= 15 is 0 Å². The van der Waals surface area contributed by atoms with Crippen LogP contribution >= 0.6 is 0 Å². The Labute approximate surface area is 138 Å². The van der Waals surface area contributed by atoms with Gasteiger partial charge in [0.2, 0.25) is 11.9 Å². The maximum Gasteiger partial charge on any atom is 0.232 e. The van der Waals surface area contributed by atoms with E-state index in [1.807, 2.05) is 13.8 Å². The molecule has 1 amide bonds. The topological polar surface area (TPSA) is 46.1 Å². The predicted molar refractivity (Wildman–Crippen MR) is 85.1 cm³/mol. The number of carbonyl (C=O) groups excluding carboxylic acids is 1. The molecule has 0 radical (unpaired) electrons. The standard InChI is InChI=1S/C18H15F2N3O/c1-18(2)8-16(24)23(11-18)17-21-9-12(10-22-17)3-4-13-7-14(19)5-6-15(13)20/h5-7,9-10H,8,11H2,1-2H3. The van der Waals surface area contributed by atoms with E-state index in [0.717, 1.165) is 18.2 Å². The Morgan fingerprint density at radius 1 is 1.17 bits per heavy atom. The first-order valence-corrected chi connectivity index (χ1v) is 7.44. The summed E-state index contributed by atoms with van der Waals surface area (Å²) in [6.45, 7) is 4.59. The molecule has 0 bridgehead atoms. The molecule has 0 N–H and O–H groups in total. The predicted octanol–water partition coefficient (Wildman–Crippen LogP) is 2.92. The minimum Gasteiger partial charge on any atom is -0.280 e. The Kier molecular flexibility index (Phi) is 4.02. The maximum absolute atomic E-state index is 13.5. The highest BCUT2D eigenvalue weighted by atomic mass is 19.1. The van der Waals surface area contributed by atoms with E-state index in [1.165, 1.54) is 12.4 Å². The molecule has 0 spiro atoms. The molecule has 1 aliphatic heterocycles. The Morgan fingerprint density at radius 3 is 2.50 bits per heavy atom. The Balaban J connectivity index is 1.80. The number of rotatable bonds is 1. The van der Waals surface area contributed by atoms with Gasteiger partial charge >= 0.3 is 0 Å². The van der Waals surface area contributed by atoms with Gasteiger partial charge in [-0.05, 0) is 23.6 Å². The zero-order chi connectivity index (χ0) is 17.3. The second kappa shape index (κ2) is 6.00. The van der Waals surface area contributed by atoms with Crippen LogP contribution in [0, 0.1) is 28.9 Å². The van der Waals surface area contributed by atoms with Crippen molar-refractivity contribution in [2.45, 2.75) is 20.3 Å². The van der Waals surface area contributed by atoms with Gasteiger partial charge in [-0.2, -0.15) is 0 Å². The lowest BCUT2D eigenvalue weighted by atomic mass is 9.93. The van der Waals surface area contributed by atoms with Crippen molar-refractivity contribution in [3.05, 3.63) is 53.4 Å². The molecule has 0 aliphatic carbocycles. The first-order chi connectivity index (χ1) is 11.3. The van der Waals surface area contributed by atoms with E-state index in [0.29, 0.717) is 24.5 Å². The van der Waals surface area contributed by atoms with Gasteiger partial charge in [0.15, 0.2) is 0 Å². The summed E-state index contributed by atoms with van der Waals surface area (Å²) in [6.07, 6.45) is 3.38. The van der Waals surface area contributed by atoms with Crippen LogP contribution in [0.3, 0.4) is 0 Å². The van der Waals surface area contributed by atoms with Crippen molar-refractivity contribution in [1.82, 2.24) is 9.97 Å². The summed E-state index contributed by atoms with van der Waals surface area (Å²) in [4.78, 5) is 21.8. The highest BCUT2D eigenvalue weighted by Crippen LogP contribution is 2.31. The fourth-order valence-electron chi connectivity index (χ4n) is 2.52. The van der Waals surface area contributed by atoms with Crippen molar-refractivity contribution >= 4 is 11.9 Å². The quantitative estimate of drug-likeness (QED) is 0.757. The van der Waals surface area contributed by atoms with Crippen LogP contribution in [0.2, 0.25) is 0 Å². The van der Waals surface area contributed by atoms with E-state index in [1.54, 1.807) is 4.90 Å². The SMILES string of the molecule is CC1(C)CC(=O)N(c2ncc(C#Cc3cc(F)ccc3F)cn2)C1. The van der Waals surface area contributed by atoms with Gasteiger partial charge in [-0.15, -0.1) is 0 Å². The summed E-state index contributed by atoms with van der Waals surface area (Å²) < 4.78 is 26.6. The van der Waals surface area contributed by atoms with Gasteiger partial charge in [-0.3, -0.25) is 9.69 Å². The maximum atomic E-state index is 13.5. The fourth-order valence-corrected chi connectivity index (χ4v) is 2.52. The lowest BCUT2D eigenvalue weighted by Gasteiger charge is -2.17. The summed E-state index contributed by atoms with van der Waals surface area (Å²) in [7, 11) is 0. The first-order valence-electron chi connectivity index (χ1n) is 7.44. The number of carbonyl (C=O) groups is 1. The number of benzene rings is 1. The van der Waals surface area contributed by atoms with E-state index in [9.17, 15) is 13.6 Å². The Bertz CT molecular complexity index is 851. The van der Waals surface area contributed by atoms with Crippen LogP contribution in [0.1, 0.15) is 31.4 Å². The lowest BCUT2D eigenvalue weighted by Crippen LogP contribution is -2.27. The zero-order valence-corrected chi connectivity index (χ0v) is 13.3. The summed E-state index contributed by atoms with van der Waals surface area (Å²) >= 11 is 0. The molecule has 1 aromatic heterocycles. The molecule has 0 saturated carbocycles. The second-order valence-corrected chi connectivity index (χ2v) is 6.47. The second-order valence-electron chi connectivity index (χ2n) is 6.47. The molecule has 1 fully saturated rings. The lowest BCUT2D eigenvalue weighted by molar-refractivity contribution is -0.117. The third-order valence-corrected chi connectivity index (χ3v) is 3.67. The van der Waals surface area contributed by atoms with Gasteiger partial charge in [-0.25, -0.2) is 18.7 Å². The number of halogens is 2. The highest BCUT2D eigenvalue weighted by molar-refractivity contribution is 5.94. The zero-order valence-electron chi connectivity index (χ0n) is 13.3. The van der Waals surface area contributed by atoms with E-state index < -0.39 is 11.6 Å². The number of amides is 1. The molecule has 1 aliphatic rings.